The van der Waals surface area contributed by atoms with Crippen LogP contribution in [0, 0.1) is 0 Å². The number of hydrogen-bond acceptors (Lipinski definition) is 4. The van der Waals surface area contributed by atoms with Crippen molar-refractivity contribution in [1.29, 1.82) is 0 Å². The first-order valence-electron chi connectivity index (χ1n) is 4.48. The van der Waals surface area contributed by atoms with Crippen molar-refractivity contribution in [2.24, 2.45) is 5.73 Å². The molecule has 0 radical (unpaired) electrons. The average Bonchev–Trinajstić information content (AvgIpc) is 2.78. The van der Waals surface area contributed by atoms with E-state index in [2.05, 4.69) is 10.1 Å². The van der Waals surface area contributed by atoms with Crippen LogP contribution in [-0.2, 0) is 0 Å². The molecular formula is C10H8N4O2. The van der Waals surface area contributed by atoms with E-state index in [1.165, 1.54) is 23.1 Å². The molecule has 2 heterocycles. The number of hydrogen-bond donors (Lipinski definition) is 1. The molecule has 0 saturated heterocycles. The Hall–Kier alpha value is -2.50. The lowest BCUT2D eigenvalue weighted by Crippen LogP contribution is -2.12. The maximum Gasteiger partial charge on any atom is 0.269 e. The third-order valence-corrected chi connectivity index (χ3v) is 2.00. The predicted octanol–water partition coefficient (Wildman–Crippen LogP) is 0.179. The first-order chi connectivity index (χ1) is 7.72. The molecule has 6 heteroatoms. The first kappa shape index (κ1) is 10.0. The van der Waals surface area contributed by atoms with Gasteiger partial charge in [0.15, 0.2) is 12.1 Å². The van der Waals surface area contributed by atoms with Gasteiger partial charge in [0, 0.05) is 12.4 Å². The zero-order valence-corrected chi connectivity index (χ0v) is 8.20. The van der Waals surface area contributed by atoms with Crippen LogP contribution in [0.3, 0.4) is 0 Å². The van der Waals surface area contributed by atoms with Gasteiger partial charge in [0.25, 0.3) is 5.91 Å². The molecule has 0 aliphatic rings. The number of pyridine rings is 1. The van der Waals surface area contributed by atoms with E-state index in [9.17, 15) is 9.59 Å². The van der Waals surface area contributed by atoms with Crippen LogP contribution in [-0.4, -0.2) is 27.0 Å². The summed E-state index contributed by atoms with van der Waals surface area (Å²) >= 11 is 0. The molecule has 0 spiro atoms. The highest BCUT2D eigenvalue weighted by Crippen LogP contribution is 2.08. The molecule has 80 valence electrons. The van der Waals surface area contributed by atoms with Crippen LogP contribution in [0.25, 0.3) is 5.82 Å². The normalized spacial score (nSPS) is 10.0. The largest absolute Gasteiger partial charge is 0.364 e. The number of carbonyl (C=O) groups is 2. The zero-order valence-electron chi connectivity index (χ0n) is 8.20. The summed E-state index contributed by atoms with van der Waals surface area (Å²) in [6.45, 7) is 0. The van der Waals surface area contributed by atoms with E-state index in [1.54, 1.807) is 12.1 Å². The van der Waals surface area contributed by atoms with Crippen LogP contribution in [0.4, 0.5) is 0 Å². The second-order valence-corrected chi connectivity index (χ2v) is 3.04. The molecule has 0 aromatic carbocycles. The van der Waals surface area contributed by atoms with Crippen molar-refractivity contribution in [2.45, 2.75) is 0 Å². The molecule has 0 bridgehead atoms. The number of aldehydes is 1. The Balaban J connectivity index is 2.50. The highest BCUT2D eigenvalue weighted by atomic mass is 16.1. The summed E-state index contributed by atoms with van der Waals surface area (Å²) in [7, 11) is 0. The quantitative estimate of drug-likeness (QED) is 0.741. The fourth-order valence-corrected chi connectivity index (χ4v) is 1.27. The lowest BCUT2D eigenvalue weighted by Gasteiger charge is -2.01. The zero-order chi connectivity index (χ0) is 11.5. The van der Waals surface area contributed by atoms with Crippen molar-refractivity contribution < 1.29 is 9.59 Å². The molecule has 0 fully saturated rings. The lowest BCUT2D eigenvalue weighted by molar-refractivity contribution is 0.0995. The number of nitrogens with zero attached hydrogens (tertiary/aromatic N) is 3. The maximum atomic E-state index is 10.9. The highest BCUT2D eigenvalue weighted by Gasteiger charge is 2.09. The minimum Gasteiger partial charge on any atom is -0.364 e. The van der Waals surface area contributed by atoms with E-state index in [0.717, 1.165) is 0 Å². The smallest absolute Gasteiger partial charge is 0.269 e. The number of carbonyl (C=O) groups excluding carboxylic acids is 2. The summed E-state index contributed by atoms with van der Waals surface area (Å²) in [5.41, 5.74) is 5.59. The molecule has 0 aliphatic carbocycles. The summed E-state index contributed by atoms with van der Waals surface area (Å²) in [5, 5.41) is 3.91. The summed E-state index contributed by atoms with van der Waals surface area (Å²) in [6, 6.07) is 4.72. The van der Waals surface area contributed by atoms with Gasteiger partial charge in [-0.3, -0.25) is 9.59 Å². The molecule has 0 aliphatic heterocycles. The van der Waals surface area contributed by atoms with Crippen LogP contribution in [0.1, 0.15) is 20.8 Å². The predicted molar refractivity (Wildman–Crippen MR) is 55.3 cm³/mol. The SMILES string of the molecule is NC(=O)c1ccn(-c2ncccc2C=O)n1. The van der Waals surface area contributed by atoms with Gasteiger partial charge in [0.1, 0.15) is 5.69 Å². The van der Waals surface area contributed by atoms with Crippen LogP contribution < -0.4 is 5.73 Å². The molecule has 0 saturated carbocycles. The van der Waals surface area contributed by atoms with Crippen LogP contribution in [0.5, 0.6) is 0 Å². The Morgan fingerprint density at radius 3 is 2.88 bits per heavy atom. The van der Waals surface area contributed by atoms with Gasteiger partial charge in [0.2, 0.25) is 0 Å². The van der Waals surface area contributed by atoms with E-state index in [4.69, 9.17) is 5.73 Å². The Bertz CT molecular complexity index is 547. The molecule has 6 nitrogen and oxygen atoms in total. The standard InChI is InChI=1S/C10H8N4O2/c11-9(16)8-3-5-14(13-8)10-7(6-15)2-1-4-12-10/h1-6H,(H2,11,16). The molecule has 0 unspecified atom stereocenters. The van der Waals surface area contributed by atoms with Crippen molar-refractivity contribution in [1.82, 2.24) is 14.8 Å². The third-order valence-electron chi connectivity index (χ3n) is 2.00. The number of primary amides is 1. The molecule has 1 amide bonds. The summed E-state index contributed by atoms with van der Waals surface area (Å²) in [5.74, 6) is -0.257. The van der Waals surface area contributed by atoms with Gasteiger partial charge in [-0.15, -0.1) is 0 Å². The lowest BCUT2D eigenvalue weighted by atomic mass is 10.3. The number of amides is 1. The summed E-state index contributed by atoms with van der Waals surface area (Å²) < 4.78 is 1.34. The Labute approximate surface area is 90.7 Å². The van der Waals surface area contributed by atoms with Crippen LogP contribution in [0.15, 0.2) is 30.6 Å². The number of aromatic nitrogens is 3. The van der Waals surface area contributed by atoms with Gasteiger partial charge in [-0.1, -0.05) is 0 Å². The van der Waals surface area contributed by atoms with Crippen molar-refractivity contribution in [3.8, 4) is 5.82 Å². The van der Waals surface area contributed by atoms with Gasteiger partial charge in [-0.05, 0) is 18.2 Å². The van der Waals surface area contributed by atoms with E-state index in [-0.39, 0.29) is 5.69 Å². The second-order valence-electron chi connectivity index (χ2n) is 3.04. The summed E-state index contributed by atoms with van der Waals surface area (Å²) in [4.78, 5) is 25.6. The number of nitrogens with two attached hydrogens (primary N) is 1. The minimum atomic E-state index is -0.623. The number of rotatable bonds is 3. The fraction of sp³-hybridized carbons (Fsp3) is 0. The Morgan fingerprint density at radius 2 is 2.25 bits per heavy atom. The maximum absolute atomic E-state index is 10.9. The van der Waals surface area contributed by atoms with Crippen molar-refractivity contribution in [3.05, 3.63) is 41.9 Å². The second kappa shape index (κ2) is 3.93. The third kappa shape index (κ3) is 1.68. The van der Waals surface area contributed by atoms with Gasteiger partial charge in [0.05, 0.1) is 5.56 Å². The van der Waals surface area contributed by atoms with E-state index >= 15 is 0 Å². The van der Waals surface area contributed by atoms with Gasteiger partial charge >= 0.3 is 0 Å². The molecule has 16 heavy (non-hydrogen) atoms. The van der Waals surface area contributed by atoms with Crippen molar-refractivity contribution in [3.63, 3.8) is 0 Å². The molecule has 2 rings (SSSR count). The molecule has 2 N–H and O–H groups in total. The van der Waals surface area contributed by atoms with Crippen molar-refractivity contribution in [2.75, 3.05) is 0 Å². The van der Waals surface area contributed by atoms with Gasteiger partial charge in [-0.2, -0.15) is 5.10 Å². The minimum absolute atomic E-state index is 0.127. The first-order valence-corrected chi connectivity index (χ1v) is 4.48. The van der Waals surface area contributed by atoms with E-state index < -0.39 is 5.91 Å². The molecule has 2 aromatic rings. The summed E-state index contributed by atoms with van der Waals surface area (Å²) in [6.07, 6.45) is 3.73. The van der Waals surface area contributed by atoms with Gasteiger partial charge < -0.3 is 5.73 Å². The highest BCUT2D eigenvalue weighted by molar-refractivity contribution is 5.90. The molecule has 2 aromatic heterocycles. The fourth-order valence-electron chi connectivity index (χ4n) is 1.27. The topological polar surface area (TPSA) is 90.9 Å². The molecule has 0 atom stereocenters. The Morgan fingerprint density at radius 1 is 1.44 bits per heavy atom. The molecular weight excluding hydrogens is 208 g/mol. The average molecular weight is 216 g/mol. The van der Waals surface area contributed by atoms with Gasteiger partial charge in [-0.25, -0.2) is 9.67 Å². The van der Waals surface area contributed by atoms with Crippen LogP contribution in [0.2, 0.25) is 0 Å². The monoisotopic (exact) mass is 216 g/mol. The van der Waals surface area contributed by atoms with Crippen LogP contribution >= 0.6 is 0 Å². The Kier molecular flexibility index (Phi) is 2.47. The van der Waals surface area contributed by atoms with E-state index in [0.29, 0.717) is 17.7 Å². The van der Waals surface area contributed by atoms with Crippen molar-refractivity contribution >= 4 is 12.2 Å². The van der Waals surface area contributed by atoms with E-state index in [1.807, 2.05) is 0 Å².